The summed E-state index contributed by atoms with van der Waals surface area (Å²) >= 11 is 0. The Morgan fingerprint density at radius 3 is 2.28 bits per heavy atom. The van der Waals surface area contributed by atoms with Gasteiger partial charge in [0.05, 0.1) is 25.6 Å². The molecule has 1 aromatic rings. The molecule has 0 saturated heterocycles. The average Bonchev–Trinajstić information content (AvgIpc) is 2.64. The number of benzene rings is 1. The van der Waals surface area contributed by atoms with Gasteiger partial charge in [-0.1, -0.05) is 6.07 Å². The molecule has 1 rings (SSSR count). The lowest BCUT2D eigenvalue weighted by Crippen LogP contribution is -2.49. The Bertz CT molecular complexity index is 777. The number of carbonyl (C=O) groups excluding carboxylic acids is 4. The highest BCUT2D eigenvalue weighted by Gasteiger charge is 2.38. The zero-order valence-electron chi connectivity index (χ0n) is 16.4. The number of carbonyl (C=O) groups is 5. The summed E-state index contributed by atoms with van der Waals surface area (Å²) in [6, 6.07) is 4.08. The van der Waals surface area contributed by atoms with E-state index < -0.39 is 42.2 Å². The number of ether oxygens (including phenoxy) is 2. The van der Waals surface area contributed by atoms with E-state index in [2.05, 4.69) is 10.6 Å². The first-order valence-corrected chi connectivity index (χ1v) is 8.93. The lowest BCUT2D eigenvalue weighted by Gasteiger charge is -2.23. The Hall–Kier alpha value is -3.43. The summed E-state index contributed by atoms with van der Waals surface area (Å²) in [5.41, 5.74) is 0.395. The summed E-state index contributed by atoms with van der Waals surface area (Å²) in [6.45, 7) is 4.41. The van der Waals surface area contributed by atoms with Crippen LogP contribution >= 0.6 is 0 Å². The van der Waals surface area contributed by atoms with Gasteiger partial charge in [-0.05, 0) is 32.0 Å². The standard InChI is InChI=1S/C19H24N2O8/c1-4-28-15(23)10-14(19(27)29-5-2)16(18(25)26)21-17(24)12-7-6-8-13(9-12)20-11(3)22/h6-9,14,16H,4-5,10H2,1-3H3,(H,20,22)(H,21,24)(H,25,26)/t14-,16-/m1/s1. The number of hydrogen-bond acceptors (Lipinski definition) is 7. The molecule has 0 aliphatic carbocycles. The molecule has 0 radical (unpaired) electrons. The van der Waals surface area contributed by atoms with Crippen molar-refractivity contribution in [1.82, 2.24) is 5.32 Å². The molecule has 0 heterocycles. The van der Waals surface area contributed by atoms with Gasteiger partial charge in [0, 0.05) is 18.2 Å². The maximum absolute atomic E-state index is 12.5. The van der Waals surface area contributed by atoms with Gasteiger partial charge in [0.2, 0.25) is 5.91 Å². The van der Waals surface area contributed by atoms with Crippen LogP contribution in [0.5, 0.6) is 0 Å². The molecule has 0 saturated carbocycles. The van der Waals surface area contributed by atoms with Crippen LogP contribution in [-0.2, 0) is 28.7 Å². The molecule has 0 unspecified atom stereocenters. The van der Waals surface area contributed by atoms with Gasteiger partial charge in [0.15, 0.2) is 0 Å². The molecule has 2 atom stereocenters. The first kappa shape index (κ1) is 23.6. The average molecular weight is 408 g/mol. The molecule has 3 N–H and O–H groups in total. The van der Waals surface area contributed by atoms with Crippen LogP contribution in [-0.4, -0.2) is 54.1 Å². The Balaban J connectivity index is 3.09. The van der Waals surface area contributed by atoms with Crippen molar-refractivity contribution in [3.8, 4) is 0 Å². The van der Waals surface area contributed by atoms with Crippen molar-refractivity contribution in [3.05, 3.63) is 29.8 Å². The smallest absolute Gasteiger partial charge is 0.327 e. The SMILES string of the molecule is CCOC(=O)C[C@@H](C(=O)OCC)[C@@H](NC(=O)c1cccc(NC(C)=O)c1)C(=O)O. The third-order valence-electron chi connectivity index (χ3n) is 3.68. The summed E-state index contributed by atoms with van der Waals surface area (Å²) in [4.78, 5) is 59.5. The fraction of sp³-hybridized carbons (Fsp3) is 0.421. The maximum atomic E-state index is 12.5. The topological polar surface area (TPSA) is 148 Å². The van der Waals surface area contributed by atoms with Crippen LogP contribution in [0.4, 0.5) is 5.69 Å². The molecule has 0 aromatic heterocycles. The lowest BCUT2D eigenvalue weighted by molar-refractivity contribution is -0.159. The van der Waals surface area contributed by atoms with Crippen molar-refractivity contribution in [3.63, 3.8) is 0 Å². The second-order valence-electron chi connectivity index (χ2n) is 5.92. The van der Waals surface area contributed by atoms with E-state index in [0.29, 0.717) is 5.69 Å². The van der Waals surface area contributed by atoms with Crippen molar-refractivity contribution in [2.75, 3.05) is 18.5 Å². The summed E-state index contributed by atoms with van der Waals surface area (Å²) in [7, 11) is 0. The zero-order chi connectivity index (χ0) is 22.0. The molecule has 0 fully saturated rings. The minimum atomic E-state index is -1.73. The summed E-state index contributed by atoms with van der Waals surface area (Å²) in [5.74, 6) is -5.88. The number of amides is 2. The third-order valence-corrected chi connectivity index (χ3v) is 3.68. The number of carboxylic acids is 1. The van der Waals surface area contributed by atoms with E-state index in [0.717, 1.165) is 0 Å². The van der Waals surface area contributed by atoms with Gasteiger partial charge in [-0.25, -0.2) is 4.79 Å². The second kappa shape index (κ2) is 11.4. The van der Waals surface area contributed by atoms with Gasteiger partial charge in [0.1, 0.15) is 6.04 Å². The highest BCUT2D eigenvalue weighted by molar-refractivity contribution is 5.99. The highest BCUT2D eigenvalue weighted by atomic mass is 16.5. The molecule has 1 aromatic carbocycles. The van der Waals surface area contributed by atoms with E-state index in [9.17, 15) is 29.1 Å². The van der Waals surface area contributed by atoms with Gasteiger partial charge < -0.3 is 25.2 Å². The fourth-order valence-corrected chi connectivity index (χ4v) is 2.49. The quantitative estimate of drug-likeness (QED) is 0.485. The van der Waals surface area contributed by atoms with Crippen LogP contribution in [0.1, 0.15) is 37.6 Å². The Morgan fingerprint density at radius 2 is 1.72 bits per heavy atom. The lowest BCUT2D eigenvalue weighted by atomic mass is 9.95. The molecular weight excluding hydrogens is 384 g/mol. The number of aliphatic carboxylic acids is 1. The van der Waals surface area contributed by atoms with Crippen LogP contribution in [0.25, 0.3) is 0 Å². The second-order valence-corrected chi connectivity index (χ2v) is 5.92. The van der Waals surface area contributed by atoms with Gasteiger partial charge in [-0.3, -0.25) is 19.2 Å². The summed E-state index contributed by atoms with van der Waals surface area (Å²) in [5, 5.41) is 14.3. The van der Waals surface area contributed by atoms with E-state index in [1.165, 1.54) is 32.0 Å². The monoisotopic (exact) mass is 408 g/mol. The van der Waals surface area contributed by atoms with E-state index >= 15 is 0 Å². The molecule has 2 amide bonds. The molecule has 0 bridgehead atoms. The van der Waals surface area contributed by atoms with Crippen molar-refractivity contribution < 1.29 is 38.6 Å². The fourth-order valence-electron chi connectivity index (χ4n) is 2.49. The Labute approximate surface area is 167 Å². The van der Waals surface area contributed by atoms with Gasteiger partial charge >= 0.3 is 17.9 Å². The molecule has 29 heavy (non-hydrogen) atoms. The summed E-state index contributed by atoms with van der Waals surface area (Å²) < 4.78 is 9.64. The van der Waals surface area contributed by atoms with E-state index in [4.69, 9.17) is 9.47 Å². The minimum absolute atomic E-state index is 0.0306. The van der Waals surface area contributed by atoms with Gasteiger partial charge in [-0.2, -0.15) is 0 Å². The number of hydrogen-bond donors (Lipinski definition) is 3. The molecule has 158 valence electrons. The van der Waals surface area contributed by atoms with Gasteiger partial charge in [-0.15, -0.1) is 0 Å². The highest BCUT2D eigenvalue weighted by Crippen LogP contribution is 2.16. The van der Waals surface area contributed by atoms with Crippen LogP contribution in [0.15, 0.2) is 24.3 Å². The Kier molecular flexibility index (Phi) is 9.30. The predicted octanol–water partition coefficient (Wildman–Crippen LogP) is 0.960. The van der Waals surface area contributed by atoms with Crippen molar-refractivity contribution in [2.24, 2.45) is 5.92 Å². The molecule has 0 spiro atoms. The van der Waals surface area contributed by atoms with E-state index in [1.54, 1.807) is 13.0 Å². The Morgan fingerprint density at radius 1 is 1.07 bits per heavy atom. The number of anilines is 1. The van der Waals surface area contributed by atoms with Crippen LogP contribution < -0.4 is 10.6 Å². The van der Waals surface area contributed by atoms with E-state index in [1.807, 2.05) is 0 Å². The third kappa shape index (κ3) is 7.60. The number of carboxylic acid groups (broad SMARTS) is 1. The number of esters is 2. The predicted molar refractivity (Wildman–Crippen MR) is 101 cm³/mol. The van der Waals surface area contributed by atoms with Crippen molar-refractivity contribution in [2.45, 2.75) is 33.2 Å². The largest absolute Gasteiger partial charge is 0.480 e. The van der Waals surface area contributed by atoms with Crippen molar-refractivity contribution in [1.29, 1.82) is 0 Å². The molecular formula is C19H24N2O8. The van der Waals surface area contributed by atoms with E-state index in [-0.39, 0.29) is 24.7 Å². The van der Waals surface area contributed by atoms with Crippen LogP contribution in [0.3, 0.4) is 0 Å². The number of rotatable bonds is 10. The van der Waals surface area contributed by atoms with Crippen LogP contribution in [0.2, 0.25) is 0 Å². The molecule has 10 nitrogen and oxygen atoms in total. The van der Waals surface area contributed by atoms with Gasteiger partial charge in [0.25, 0.3) is 5.91 Å². The molecule has 0 aliphatic heterocycles. The number of nitrogens with one attached hydrogen (secondary N) is 2. The first-order valence-electron chi connectivity index (χ1n) is 8.93. The minimum Gasteiger partial charge on any atom is -0.480 e. The zero-order valence-corrected chi connectivity index (χ0v) is 16.4. The molecule has 0 aliphatic rings. The van der Waals surface area contributed by atoms with Crippen molar-refractivity contribution >= 4 is 35.4 Å². The molecule has 10 heteroatoms. The van der Waals surface area contributed by atoms with Crippen LogP contribution in [0, 0.1) is 5.92 Å². The summed E-state index contributed by atoms with van der Waals surface area (Å²) in [6.07, 6.45) is -0.574. The normalized spacial score (nSPS) is 12.2. The maximum Gasteiger partial charge on any atom is 0.327 e. The first-order chi connectivity index (χ1) is 13.7.